The van der Waals surface area contributed by atoms with Gasteiger partial charge in [0.15, 0.2) is 0 Å². The Hall–Kier alpha value is -2.62. The minimum atomic E-state index is -1.52. The van der Waals surface area contributed by atoms with Crippen LogP contribution in [0.25, 0.3) is 0 Å². The largest absolute Gasteiger partial charge is 0.480 e. The summed E-state index contributed by atoms with van der Waals surface area (Å²) in [4.78, 5) is 50.7. The number of likely N-dealkylation sites (tertiary alicyclic amines) is 1. The molecule has 0 spiro atoms. The molecule has 1 aliphatic heterocycles. The van der Waals surface area contributed by atoms with Crippen LogP contribution in [0.3, 0.4) is 0 Å². The zero-order valence-electron chi connectivity index (χ0n) is 20.5. The first kappa shape index (κ1) is 28.4. The quantitative estimate of drug-likeness (QED) is 0.387. The van der Waals surface area contributed by atoms with Crippen molar-refractivity contribution in [2.75, 3.05) is 26.7 Å². The number of aliphatic hydroxyl groups is 1. The molecule has 2 N–H and O–H groups in total. The van der Waals surface area contributed by atoms with E-state index >= 15 is 0 Å². The standard InChI is InChI=1S/C23H38N2O8/c1-22(2,3)33-21(31)24(6)13-9-8-12-17(26)32-15-23(4,5)18(27)19(28)25-14-10-7-11-16(25)20(29)30/h8,12,16,18,27H,7,9-11,13-15H2,1-6H3,(H,29,30)/b12-8+/t16-,18?/m0/s1. The minimum Gasteiger partial charge on any atom is -0.480 e. The number of aliphatic hydroxyl groups excluding tert-OH is 1. The Balaban J connectivity index is 2.52. The zero-order chi connectivity index (χ0) is 25.4. The summed E-state index contributed by atoms with van der Waals surface area (Å²) < 4.78 is 10.4. The topological polar surface area (TPSA) is 134 Å². The van der Waals surface area contributed by atoms with E-state index in [1.54, 1.807) is 47.7 Å². The summed E-state index contributed by atoms with van der Waals surface area (Å²) in [6.07, 6.45) is 2.93. The van der Waals surface area contributed by atoms with Gasteiger partial charge in [-0.15, -0.1) is 0 Å². The number of aliphatic carboxylic acids is 1. The Morgan fingerprint density at radius 3 is 2.36 bits per heavy atom. The summed E-state index contributed by atoms with van der Waals surface area (Å²) in [5.74, 6) is -2.42. The average molecular weight is 471 g/mol. The molecular formula is C23H38N2O8. The zero-order valence-corrected chi connectivity index (χ0v) is 20.5. The monoisotopic (exact) mass is 470 g/mol. The van der Waals surface area contributed by atoms with Crippen LogP contribution >= 0.6 is 0 Å². The Kier molecular flexibility index (Phi) is 10.3. The molecule has 2 amide bonds. The lowest BCUT2D eigenvalue weighted by atomic mass is 9.85. The first-order valence-electron chi connectivity index (χ1n) is 11.1. The minimum absolute atomic E-state index is 0.230. The SMILES string of the molecule is CN(CC/C=C/C(=O)OCC(C)(C)C(O)C(=O)N1CCCC[C@H]1C(=O)O)C(=O)OC(C)(C)C. The molecule has 1 saturated heterocycles. The van der Waals surface area contributed by atoms with Crippen molar-refractivity contribution >= 4 is 23.9 Å². The van der Waals surface area contributed by atoms with Crippen LogP contribution in [0.1, 0.15) is 60.3 Å². The van der Waals surface area contributed by atoms with Crippen molar-refractivity contribution in [3.8, 4) is 0 Å². The van der Waals surface area contributed by atoms with Gasteiger partial charge in [-0.1, -0.05) is 19.9 Å². The third-order valence-corrected chi connectivity index (χ3v) is 5.22. The van der Waals surface area contributed by atoms with Gasteiger partial charge >= 0.3 is 18.0 Å². The molecule has 1 aliphatic rings. The molecule has 0 saturated carbocycles. The number of carbonyl (C=O) groups excluding carboxylic acids is 3. The smallest absolute Gasteiger partial charge is 0.410 e. The molecule has 0 aromatic heterocycles. The van der Waals surface area contributed by atoms with Crippen molar-refractivity contribution < 1.29 is 38.9 Å². The predicted molar refractivity (Wildman–Crippen MR) is 120 cm³/mol. The van der Waals surface area contributed by atoms with E-state index in [2.05, 4.69) is 0 Å². The number of carbonyl (C=O) groups is 4. The molecule has 1 fully saturated rings. The maximum Gasteiger partial charge on any atom is 0.410 e. The molecule has 0 aliphatic carbocycles. The van der Waals surface area contributed by atoms with Crippen molar-refractivity contribution in [1.82, 2.24) is 9.80 Å². The molecular weight excluding hydrogens is 432 g/mol. The number of hydrogen-bond acceptors (Lipinski definition) is 7. The molecule has 0 bridgehead atoms. The average Bonchev–Trinajstić information content (AvgIpc) is 2.72. The Bertz CT molecular complexity index is 741. The van der Waals surface area contributed by atoms with Gasteiger partial charge in [-0.3, -0.25) is 4.79 Å². The van der Waals surface area contributed by atoms with E-state index in [-0.39, 0.29) is 13.2 Å². The second-order valence-electron chi connectivity index (χ2n) is 9.97. The fourth-order valence-electron chi connectivity index (χ4n) is 3.21. The maximum absolute atomic E-state index is 12.7. The highest BCUT2D eigenvalue weighted by atomic mass is 16.6. The molecule has 1 heterocycles. The summed E-state index contributed by atoms with van der Waals surface area (Å²) >= 11 is 0. The molecule has 1 rings (SSSR count). The number of esters is 1. The summed E-state index contributed by atoms with van der Waals surface area (Å²) in [5.41, 5.74) is -1.70. The second-order valence-corrected chi connectivity index (χ2v) is 9.97. The van der Waals surface area contributed by atoms with Gasteiger partial charge in [-0.2, -0.15) is 0 Å². The van der Waals surface area contributed by atoms with Crippen LogP contribution in [-0.2, 0) is 23.9 Å². The van der Waals surface area contributed by atoms with Crippen LogP contribution in [-0.4, -0.2) is 88.4 Å². The highest BCUT2D eigenvalue weighted by molar-refractivity contribution is 5.87. The number of carboxylic acid groups (broad SMARTS) is 1. The van der Waals surface area contributed by atoms with E-state index in [0.29, 0.717) is 32.2 Å². The molecule has 188 valence electrons. The number of rotatable bonds is 9. The normalized spacial score (nSPS) is 18.0. The Morgan fingerprint density at radius 2 is 1.79 bits per heavy atom. The number of hydrogen-bond donors (Lipinski definition) is 2. The van der Waals surface area contributed by atoms with E-state index in [9.17, 15) is 29.4 Å². The molecule has 2 atom stereocenters. The highest BCUT2D eigenvalue weighted by Crippen LogP contribution is 2.26. The predicted octanol–water partition coefficient (Wildman–Crippen LogP) is 2.20. The molecule has 0 aromatic carbocycles. The first-order valence-corrected chi connectivity index (χ1v) is 11.1. The van der Waals surface area contributed by atoms with Gasteiger partial charge in [0.2, 0.25) is 0 Å². The van der Waals surface area contributed by atoms with Gasteiger partial charge in [0.25, 0.3) is 5.91 Å². The molecule has 10 heteroatoms. The molecule has 10 nitrogen and oxygen atoms in total. The van der Waals surface area contributed by atoms with Crippen LogP contribution in [0.5, 0.6) is 0 Å². The van der Waals surface area contributed by atoms with E-state index in [0.717, 1.165) is 0 Å². The van der Waals surface area contributed by atoms with Gasteiger partial charge in [0.1, 0.15) is 17.7 Å². The van der Waals surface area contributed by atoms with E-state index < -0.39 is 47.1 Å². The van der Waals surface area contributed by atoms with Crippen molar-refractivity contribution in [2.24, 2.45) is 5.41 Å². The third-order valence-electron chi connectivity index (χ3n) is 5.22. The number of nitrogens with zero attached hydrogens (tertiary/aromatic N) is 2. The lowest BCUT2D eigenvalue weighted by Gasteiger charge is -2.38. The van der Waals surface area contributed by atoms with Crippen LogP contribution in [0.15, 0.2) is 12.2 Å². The summed E-state index contributed by atoms with van der Waals surface area (Å²) in [6, 6.07) is -0.957. The van der Waals surface area contributed by atoms with Gasteiger partial charge in [0, 0.05) is 31.6 Å². The summed E-state index contributed by atoms with van der Waals surface area (Å²) in [6.45, 7) is 8.85. The van der Waals surface area contributed by atoms with E-state index in [1.807, 2.05) is 0 Å². The van der Waals surface area contributed by atoms with Gasteiger partial charge in [-0.25, -0.2) is 14.4 Å². The van der Waals surface area contributed by atoms with Crippen LogP contribution < -0.4 is 0 Å². The van der Waals surface area contributed by atoms with Crippen LogP contribution in [0.4, 0.5) is 4.79 Å². The first-order chi connectivity index (χ1) is 15.2. The van der Waals surface area contributed by atoms with E-state index in [4.69, 9.17) is 9.47 Å². The highest BCUT2D eigenvalue weighted by Gasteiger charge is 2.41. The number of ether oxygens (including phenoxy) is 2. The fourth-order valence-corrected chi connectivity index (χ4v) is 3.21. The third kappa shape index (κ3) is 9.41. The fraction of sp³-hybridized carbons (Fsp3) is 0.739. The van der Waals surface area contributed by atoms with Crippen molar-refractivity contribution in [1.29, 1.82) is 0 Å². The number of amides is 2. The number of carboxylic acids is 1. The van der Waals surface area contributed by atoms with Crippen LogP contribution in [0.2, 0.25) is 0 Å². The number of piperidine rings is 1. The van der Waals surface area contributed by atoms with Crippen molar-refractivity contribution in [3.05, 3.63) is 12.2 Å². The van der Waals surface area contributed by atoms with Crippen LogP contribution in [0, 0.1) is 5.41 Å². The maximum atomic E-state index is 12.7. The molecule has 0 radical (unpaired) electrons. The van der Waals surface area contributed by atoms with Gasteiger partial charge in [0.05, 0.1) is 6.61 Å². The lowest BCUT2D eigenvalue weighted by molar-refractivity contribution is -0.163. The molecule has 1 unspecified atom stereocenters. The summed E-state index contributed by atoms with van der Waals surface area (Å²) in [7, 11) is 1.60. The van der Waals surface area contributed by atoms with Gasteiger partial charge in [-0.05, 0) is 46.5 Å². The van der Waals surface area contributed by atoms with Gasteiger partial charge < -0.3 is 29.5 Å². The van der Waals surface area contributed by atoms with E-state index in [1.165, 1.54) is 15.9 Å². The second kappa shape index (κ2) is 12.0. The molecule has 0 aromatic rings. The van der Waals surface area contributed by atoms with Crippen molar-refractivity contribution in [2.45, 2.75) is 78.0 Å². The Labute approximate surface area is 195 Å². The lowest BCUT2D eigenvalue weighted by Crippen LogP contribution is -2.55. The molecule has 33 heavy (non-hydrogen) atoms. The Morgan fingerprint density at radius 1 is 1.15 bits per heavy atom. The van der Waals surface area contributed by atoms with Crippen molar-refractivity contribution in [3.63, 3.8) is 0 Å². The summed E-state index contributed by atoms with van der Waals surface area (Å²) in [5, 5.41) is 19.9.